The Morgan fingerprint density at radius 1 is 1.24 bits per heavy atom. The number of carbonyl (C=O) groups is 1. The van der Waals surface area contributed by atoms with E-state index in [0.717, 1.165) is 16.9 Å². The van der Waals surface area contributed by atoms with Crippen molar-refractivity contribution in [3.63, 3.8) is 0 Å². The van der Waals surface area contributed by atoms with E-state index >= 15 is 0 Å². The van der Waals surface area contributed by atoms with Crippen molar-refractivity contribution in [3.05, 3.63) is 46.8 Å². The first-order valence-electron chi connectivity index (χ1n) is 8.01. The van der Waals surface area contributed by atoms with E-state index < -0.39 is 5.92 Å². The van der Waals surface area contributed by atoms with E-state index in [1.807, 2.05) is 25.1 Å². The van der Waals surface area contributed by atoms with Crippen LogP contribution in [0.5, 0.6) is 11.5 Å². The number of hydrogen-bond acceptors (Lipinski definition) is 6. The van der Waals surface area contributed by atoms with Gasteiger partial charge in [-0.1, -0.05) is 6.07 Å². The number of H-pyrrole nitrogens is 1. The van der Waals surface area contributed by atoms with E-state index in [1.54, 1.807) is 27.3 Å². The minimum Gasteiger partial charge on any atom is -0.496 e. The molecule has 0 radical (unpaired) electrons. The fourth-order valence-corrected chi connectivity index (χ4v) is 3.19. The first-order chi connectivity index (χ1) is 12.1. The second-order valence-corrected chi connectivity index (χ2v) is 5.59. The number of ether oxygens (including phenoxy) is 3. The van der Waals surface area contributed by atoms with Crippen LogP contribution in [0.25, 0.3) is 0 Å². The highest BCUT2D eigenvalue weighted by atomic mass is 16.5. The molecule has 2 heterocycles. The molecule has 1 aliphatic heterocycles. The molecule has 1 aromatic carbocycles. The van der Waals surface area contributed by atoms with E-state index in [9.17, 15) is 4.79 Å². The zero-order valence-electron chi connectivity index (χ0n) is 14.7. The van der Waals surface area contributed by atoms with Crippen LogP contribution in [-0.2, 0) is 9.53 Å². The van der Waals surface area contributed by atoms with Gasteiger partial charge in [-0.3, -0.25) is 5.10 Å². The highest BCUT2D eigenvalue weighted by molar-refractivity contribution is 5.95. The van der Waals surface area contributed by atoms with Crippen molar-refractivity contribution < 1.29 is 19.0 Å². The van der Waals surface area contributed by atoms with Crippen molar-refractivity contribution in [1.82, 2.24) is 10.2 Å². The number of nitrogens with one attached hydrogen (secondary N) is 2. The van der Waals surface area contributed by atoms with Crippen molar-refractivity contribution >= 4 is 11.8 Å². The molecular weight excluding hydrogens is 322 g/mol. The minimum absolute atomic E-state index is 0.295. The Hall–Kier alpha value is -2.96. The van der Waals surface area contributed by atoms with E-state index in [4.69, 9.17) is 14.2 Å². The fourth-order valence-electron chi connectivity index (χ4n) is 3.19. The molecule has 132 valence electrons. The first-order valence-corrected chi connectivity index (χ1v) is 8.01. The predicted octanol–water partition coefficient (Wildman–Crippen LogP) is 2.82. The summed E-state index contributed by atoms with van der Waals surface area (Å²) in [6, 6.07) is 5.54. The lowest BCUT2D eigenvalue weighted by Gasteiger charge is -2.29. The number of carbonyl (C=O) groups excluding carboxylic acids is 1. The summed E-state index contributed by atoms with van der Waals surface area (Å²) in [7, 11) is 3.19. The van der Waals surface area contributed by atoms with Gasteiger partial charge in [0.1, 0.15) is 17.3 Å². The first kappa shape index (κ1) is 16.9. The molecule has 0 spiro atoms. The number of aromatic nitrogens is 2. The lowest BCUT2D eigenvalue weighted by molar-refractivity contribution is -0.138. The van der Waals surface area contributed by atoms with Crippen LogP contribution in [0.1, 0.15) is 30.9 Å². The Morgan fingerprint density at radius 3 is 2.52 bits per heavy atom. The van der Waals surface area contributed by atoms with Crippen LogP contribution in [0.4, 0.5) is 5.82 Å². The number of methoxy groups -OCH3 is 2. The monoisotopic (exact) mass is 343 g/mol. The molecule has 1 atom stereocenters. The molecule has 1 aliphatic rings. The van der Waals surface area contributed by atoms with Crippen LogP contribution < -0.4 is 14.8 Å². The SMILES string of the molecule is CCOC(=O)C1=C(C)Nc2[nH]ncc2C1c1c(OC)cccc1OC. The normalized spacial score (nSPS) is 16.1. The molecule has 25 heavy (non-hydrogen) atoms. The summed E-state index contributed by atoms with van der Waals surface area (Å²) >= 11 is 0. The number of anilines is 1. The molecule has 0 aliphatic carbocycles. The predicted molar refractivity (Wildman–Crippen MR) is 92.9 cm³/mol. The van der Waals surface area contributed by atoms with Gasteiger partial charge in [0, 0.05) is 16.8 Å². The number of aromatic amines is 1. The van der Waals surface area contributed by atoms with Crippen molar-refractivity contribution in [1.29, 1.82) is 0 Å². The number of nitrogens with zero attached hydrogens (tertiary/aromatic N) is 1. The van der Waals surface area contributed by atoms with E-state index in [0.29, 0.717) is 29.4 Å². The largest absolute Gasteiger partial charge is 0.496 e. The molecule has 0 saturated heterocycles. The third-order valence-corrected chi connectivity index (χ3v) is 4.23. The fraction of sp³-hybridized carbons (Fsp3) is 0.333. The summed E-state index contributed by atoms with van der Waals surface area (Å²) in [5.74, 6) is 1.21. The lowest BCUT2D eigenvalue weighted by Crippen LogP contribution is -2.24. The van der Waals surface area contributed by atoms with Crippen molar-refractivity contribution in [3.8, 4) is 11.5 Å². The van der Waals surface area contributed by atoms with Crippen molar-refractivity contribution in [2.45, 2.75) is 19.8 Å². The Balaban J connectivity index is 2.26. The Bertz CT molecular complexity index is 803. The summed E-state index contributed by atoms with van der Waals surface area (Å²) in [5.41, 5.74) is 2.81. The number of esters is 1. The molecule has 1 unspecified atom stereocenters. The second-order valence-electron chi connectivity index (χ2n) is 5.59. The zero-order chi connectivity index (χ0) is 18.0. The van der Waals surface area contributed by atoms with Crippen LogP contribution in [0, 0.1) is 0 Å². The average Bonchev–Trinajstić information content (AvgIpc) is 3.07. The van der Waals surface area contributed by atoms with Gasteiger partial charge in [0.05, 0.1) is 38.5 Å². The van der Waals surface area contributed by atoms with Crippen molar-refractivity contribution in [2.75, 3.05) is 26.1 Å². The van der Waals surface area contributed by atoms with Gasteiger partial charge in [0.15, 0.2) is 0 Å². The van der Waals surface area contributed by atoms with Crippen LogP contribution in [0.15, 0.2) is 35.7 Å². The number of hydrogen-bond donors (Lipinski definition) is 2. The molecular formula is C18H21N3O4. The zero-order valence-corrected chi connectivity index (χ0v) is 14.7. The number of fused-ring (bicyclic) bond motifs is 1. The molecule has 1 aromatic heterocycles. The third-order valence-electron chi connectivity index (χ3n) is 4.23. The third kappa shape index (κ3) is 2.82. The Kier molecular flexibility index (Phi) is 4.65. The molecule has 7 nitrogen and oxygen atoms in total. The van der Waals surface area contributed by atoms with Crippen LogP contribution in [0.2, 0.25) is 0 Å². The molecule has 0 bridgehead atoms. The summed E-state index contributed by atoms with van der Waals surface area (Å²) in [6.07, 6.45) is 1.70. The number of benzene rings is 1. The van der Waals surface area contributed by atoms with E-state index in [2.05, 4.69) is 15.5 Å². The topological polar surface area (TPSA) is 85.5 Å². The van der Waals surface area contributed by atoms with Crippen LogP contribution in [0.3, 0.4) is 0 Å². The summed E-state index contributed by atoms with van der Waals surface area (Å²) in [4.78, 5) is 12.7. The molecule has 3 rings (SSSR count). The average molecular weight is 343 g/mol. The maximum absolute atomic E-state index is 12.7. The molecule has 0 fully saturated rings. The Labute approximate surface area is 146 Å². The summed E-state index contributed by atoms with van der Waals surface area (Å²) < 4.78 is 16.4. The van der Waals surface area contributed by atoms with Gasteiger partial charge in [-0.25, -0.2) is 4.79 Å². The smallest absolute Gasteiger partial charge is 0.336 e. The maximum Gasteiger partial charge on any atom is 0.336 e. The lowest BCUT2D eigenvalue weighted by atomic mass is 9.82. The highest BCUT2D eigenvalue weighted by Crippen LogP contribution is 2.47. The standard InChI is InChI=1S/C18H21N3O4/c1-5-25-18(22)14-10(2)20-17-11(9-19-21-17)15(14)16-12(23-3)7-6-8-13(16)24-4/h6-9,15H,5H2,1-4H3,(H2,19,20,21). The Morgan fingerprint density at radius 2 is 1.92 bits per heavy atom. The minimum atomic E-state index is -0.417. The van der Waals surface area contributed by atoms with E-state index in [-0.39, 0.29) is 5.97 Å². The molecule has 7 heteroatoms. The van der Waals surface area contributed by atoms with Gasteiger partial charge < -0.3 is 19.5 Å². The highest BCUT2D eigenvalue weighted by Gasteiger charge is 2.37. The van der Waals surface area contributed by atoms with Gasteiger partial charge in [0.25, 0.3) is 0 Å². The summed E-state index contributed by atoms with van der Waals surface area (Å²) in [5, 5.41) is 10.2. The van der Waals surface area contributed by atoms with E-state index in [1.165, 1.54) is 0 Å². The van der Waals surface area contributed by atoms with Crippen LogP contribution in [-0.4, -0.2) is 37.0 Å². The van der Waals surface area contributed by atoms with Crippen LogP contribution >= 0.6 is 0 Å². The van der Waals surface area contributed by atoms with Gasteiger partial charge >= 0.3 is 5.97 Å². The molecule has 0 amide bonds. The molecule has 2 aromatic rings. The second kappa shape index (κ2) is 6.88. The van der Waals surface area contributed by atoms with Gasteiger partial charge in [0.2, 0.25) is 0 Å². The van der Waals surface area contributed by atoms with Gasteiger partial charge in [-0.2, -0.15) is 5.10 Å². The van der Waals surface area contributed by atoms with Crippen molar-refractivity contribution in [2.24, 2.45) is 0 Å². The molecule has 0 saturated carbocycles. The van der Waals surface area contributed by atoms with Gasteiger partial charge in [-0.05, 0) is 26.0 Å². The number of allylic oxidation sites excluding steroid dienone is 1. The number of rotatable bonds is 5. The quantitative estimate of drug-likeness (QED) is 0.812. The van der Waals surface area contributed by atoms with Gasteiger partial charge in [-0.15, -0.1) is 0 Å². The maximum atomic E-state index is 12.7. The molecule has 2 N–H and O–H groups in total. The summed E-state index contributed by atoms with van der Waals surface area (Å²) in [6.45, 7) is 3.92.